The third-order valence-electron chi connectivity index (χ3n) is 3.62. The standard InChI is InChI=1S/C21H22O2/c1-2-6-17-9-13-19(14-10-17)20-15-11-18(12-16-20)7-4-3-5-8-21(22)23/h3-5,8-16H,2,6-7H2,1H3,(H,22,23). The monoisotopic (exact) mass is 306 g/mol. The van der Waals surface area contributed by atoms with Crippen molar-refractivity contribution in [3.8, 4) is 11.1 Å². The average molecular weight is 306 g/mol. The zero-order chi connectivity index (χ0) is 16.5. The van der Waals surface area contributed by atoms with Crippen molar-refractivity contribution in [3.63, 3.8) is 0 Å². The van der Waals surface area contributed by atoms with Crippen molar-refractivity contribution in [2.24, 2.45) is 0 Å². The fourth-order valence-corrected chi connectivity index (χ4v) is 2.41. The van der Waals surface area contributed by atoms with Crippen LogP contribution in [-0.2, 0) is 17.6 Å². The first-order valence-electron chi connectivity index (χ1n) is 7.93. The Labute approximate surface area is 137 Å². The highest BCUT2D eigenvalue weighted by atomic mass is 16.4. The first-order valence-corrected chi connectivity index (χ1v) is 7.93. The number of benzene rings is 2. The number of aryl methyl sites for hydroxylation is 1. The molecule has 0 unspecified atom stereocenters. The molecule has 2 aromatic rings. The van der Waals surface area contributed by atoms with E-state index in [-0.39, 0.29) is 0 Å². The summed E-state index contributed by atoms with van der Waals surface area (Å²) in [7, 11) is 0. The first-order chi connectivity index (χ1) is 11.2. The third-order valence-corrected chi connectivity index (χ3v) is 3.62. The molecule has 2 rings (SSSR count). The van der Waals surface area contributed by atoms with E-state index in [1.807, 2.05) is 6.08 Å². The highest BCUT2D eigenvalue weighted by molar-refractivity contribution is 5.80. The van der Waals surface area contributed by atoms with Gasteiger partial charge in [0.05, 0.1) is 0 Å². The predicted octanol–water partition coefficient (Wildman–Crippen LogP) is 5.05. The molecule has 1 N–H and O–H groups in total. The highest BCUT2D eigenvalue weighted by Gasteiger charge is 1.98. The fourth-order valence-electron chi connectivity index (χ4n) is 2.41. The molecule has 0 aliphatic rings. The quantitative estimate of drug-likeness (QED) is 0.574. The zero-order valence-corrected chi connectivity index (χ0v) is 13.4. The lowest BCUT2D eigenvalue weighted by Crippen LogP contribution is -1.85. The maximum absolute atomic E-state index is 10.3. The topological polar surface area (TPSA) is 37.3 Å². The van der Waals surface area contributed by atoms with Gasteiger partial charge in [0, 0.05) is 6.08 Å². The maximum Gasteiger partial charge on any atom is 0.328 e. The Kier molecular flexibility index (Phi) is 6.37. The van der Waals surface area contributed by atoms with Crippen molar-refractivity contribution in [2.45, 2.75) is 26.2 Å². The molecule has 2 heteroatoms. The molecule has 0 fully saturated rings. The lowest BCUT2D eigenvalue weighted by atomic mass is 10.0. The number of hydrogen-bond donors (Lipinski definition) is 1. The molecule has 118 valence electrons. The minimum atomic E-state index is -0.927. The first kappa shape index (κ1) is 16.8. The Morgan fingerprint density at radius 1 is 0.913 bits per heavy atom. The number of rotatable bonds is 7. The van der Waals surface area contributed by atoms with Gasteiger partial charge in [-0.05, 0) is 35.1 Å². The van der Waals surface area contributed by atoms with Gasteiger partial charge in [-0.3, -0.25) is 0 Å². The normalized spacial score (nSPS) is 11.3. The van der Waals surface area contributed by atoms with Gasteiger partial charge in [-0.2, -0.15) is 0 Å². The van der Waals surface area contributed by atoms with Gasteiger partial charge < -0.3 is 5.11 Å². The molecule has 2 nitrogen and oxygen atoms in total. The number of aliphatic carboxylic acids is 1. The van der Waals surface area contributed by atoms with Gasteiger partial charge in [-0.25, -0.2) is 4.79 Å². The van der Waals surface area contributed by atoms with E-state index in [4.69, 9.17) is 5.11 Å². The van der Waals surface area contributed by atoms with Crippen molar-refractivity contribution in [3.05, 3.63) is 84.0 Å². The number of allylic oxidation sites excluding steroid dienone is 3. The number of carbonyl (C=O) groups is 1. The lowest BCUT2D eigenvalue weighted by molar-refractivity contribution is -0.131. The molecular formula is C21H22O2. The number of hydrogen-bond acceptors (Lipinski definition) is 1. The molecular weight excluding hydrogens is 284 g/mol. The number of carboxylic acid groups (broad SMARTS) is 1. The van der Waals surface area contributed by atoms with Crippen molar-refractivity contribution in [2.75, 3.05) is 0 Å². The molecule has 0 heterocycles. The summed E-state index contributed by atoms with van der Waals surface area (Å²) in [5.41, 5.74) is 5.03. The van der Waals surface area contributed by atoms with Gasteiger partial charge in [-0.1, -0.05) is 80.1 Å². The molecule has 0 aliphatic heterocycles. The van der Waals surface area contributed by atoms with Gasteiger partial charge in [-0.15, -0.1) is 0 Å². The van der Waals surface area contributed by atoms with Crippen LogP contribution in [0.15, 0.2) is 72.8 Å². The van der Waals surface area contributed by atoms with Crippen LogP contribution >= 0.6 is 0 Å². The van der Waals surface area contributed by atoms with Crippen LogP contribution in [0.5, 0.6) is 0 Å². The van der Waals surface area contributed by atoms with Gasteiger partial charge in [0.15, 0.2) is 0 Å². The fraction of sp³-hybridized carbons (Fsp3) is 0.190. The molecule has 0 atom stereocenters. The largest absolute Gasteiger partial charge is 0.478 e. The Bertz CT molecular complexity index is 677. The molecule has 2 aromatic carbocycles. The Hall–Kier alpha value is -2.61. The molecule has 0 saturated carbocycles. The molecule has 0 aromatic heterocycles. The van der Waals surface area contributed by atoms with E-state index in [0.717, 1.165) is 18.9 Å². The van der Waals surface area contributed by atoms with Gasteiger partial charge >= 0.3 is 5.97 Å². The summed E-state index contributed by atoms with van der Waals surface area (Å²) < 4.78 is 0. The van der Waals surface area contributed by atoms with Gasteiger partial charge in [0.1, 0.15) is 0 Å². The second kappa shape index (κ2) is 8.74. The van der Waals surface area contributed by atoms with Crippen LogP contribution in [-0.4, -0.2) is 11.1 Å². The minimum absolute atomic E-state index is 0.791. The highest BCUT2D eigenvalue weighted by Crippen LogP contribution is 2.21. The van der Waals surface area contributed by atoms with Crippen LogP contribution in [0, 0.1) is 0 Å². The molecule has 23 heavy (non-hydrogen) atoms. The predicted molar refractivity (Wildman–Crippen MR) is 95.5 cm³/mol. The van der Waals surface area contributed by atoms with Crippen LogP contribution in [0.4, 0.5) is 0 Å². The van der Waals surface area contributed by atoms with Crippen molar-refractivity contribution in [1.29, 1.82) is 0 Å². The van der Waals surface area contributed by atoms with Gasteiger partial charge in [0.25, 0.3) is 0 Å². The average Bonchev–Trinajstić information content (AvgIpc) is 2.56. The van der Waals surface area contributed by atoms with E-state index < -0.39 is 5.97 Å². The molecule has 0 bridgehead atoms. The van der Waals surface area contributed by atoms with E-state index in [0.29, 0.717) is 0 Å². The second-order valence-corrected chi connectivity index (χ2v) is 5.47. The van der Waals surface area contributed by atoms with E-state index in [1.54, 1.807) is 6.08 Å². The summed E-state index contributed by atoms with van der Waals surface area (Å²) in [5, 5.41) is 8.49. The summed E-state index contributed by atoms with van der Waals surface area (Å²) in [5.74, 6) is -0.927. The van der Waals surface area contributed by atoms with E-state index >= 15 is 0 Å². The van der Waals surface area contributed by atoms with Crippen molar-refractivity contribution in [1.82, 2.24) is 0 Å². The summed E-state index contributed by atoms with van der Waals surface area (Å²) in [6.07, 6.45) is 9.46. The molecule has 0 amide bonds. The van der Waals surface area contributed by atoms with Crippen LogP contribution in [0.3, 0.4) is 0 Å². The molecule has 0 spiro atoms. The van der Waals surface area contributed by atoms with Crippen LogP contribution in [0.2, 0.25) is 0 Å². The van der Waals surface area contributed by atoms with Crippen LogP contribution in [0.25, 0.3) is 11.1 Å². The Morgan fingerprint density at radius 2 is 1.48 bits per heavy atom. The van der Waals surface area contributed by atoms with E-state index in [9.17, 15) is 4.79 Å². The summed E-state index contributed by atoms with van der Waals surface area (Å²) in [4.78, 5) is 10.3. The number of carboxylic acids is 1. The SMILES string of the molecule is CCCc1ccc(-c2ccc(CC=CC=CC(=O)O)cc2)cc1. The summed E-state index contributed by atoms with van der Waals surface area (Å²) in [6, 6.07) is 17.2. The van der Waals surface area contributed by atoms with Gasteiger partial charge in [0.2, 0.25) is 0 Å². The lowest BCUT2D eigenvalue weighted by Gasteiger charge is -2.05. The smallest absolute Gasteiger partial charge is 0.328 e. The van der Waals surface area contributed by atoms with Crippen molar-refractivity contribution >= 4 is 5.97 Å². The van der Waals surface area contributed by atoms with Crippen LogP contribution < -0.4 is 0 Å². The Balaban J connectivity index is 1.97. The molecule has 0 aliphatic carbocycles. The van der Waals surface area contributed by atoms with Crippen molar-refractivity contribution < 1.29 is 9.90 Å². The van der Waals surface area contributed by atoms with E-state index in [1.165, 1.54) is 34.8 Å². The second-order valence-electron chi connectivity index (χ2n) is 5.47. The zero-order valence-electron chi connectivity index (χ0n) is 13.4. The maximum atomic E-state index is 10.3. The molecule has 0 saturated heterocycles. The minimum Gasteiger partial charge on any atom is -0.478 e. The third kappa shape index (κ3) is 5.59. The van der Waals surface area contributed by atoms with E-state index in [2.05, 4.69) is 55.5 Å². The summed E-state index contributed by atoms with van der Waals surface area (Å²) >= 11 is 0. The van der Waals surface area contributed by atoms with Crippen LogP contribution in [0.1, 0.15) is 24.5 Å². The summed E-state index contributed by atoms with van der Waals surface area (Å²) in [6.45, 7) is 2.19. The molecule has 0 radical (unpaired) electrons. The Morgan fingerprint density at radius 3 is 2.00 bits per heavy atom.